The SMILES string of the molecule is [B]/C(C=C)=C1\NC(c2ccccc2)=CC(=NCc2ccc(N)nc2)N1C. The summed E-state index contributed by atoms with van der Waals surface area (Å²) in [6.45, 7) is 4.26. The number of benzene rings is 1. The molecule has 2 radical (unpaired) electrons. The van der Waals surface area contributed by atoms with E-state index in [9.17, 15) is 0 Å². The Bertz CT molecular complexity index is 882. The van der Waals surface area contributed by atoms with E-state index < -0.39 is 0 Å². The standard InChI is InChI=1S/C20H20BN5/c1-3-16(21)20-25-17(15-7-5-4-6-8-15)11-19(26(20)2)24-13-14-9-10-18(22)23-12-14/h3-12,25H,1,13H2,2H3,(H2,22,23)/b20-16+,24-19?. The summed E-state index contributed by atoms with van der Waals surface area (Å²) in [7, 11) is 8.03. The maximum Gasteiger partial charge on any atom is 0.131 e. The summed E-state index contributed by atoms with van der Waals surface area (Å²) < 4.78 is 0. The van der Waals surface area contributed by atoms with Gasteiger partial charge >= 0.3 is 0 Å². The number of nitrogens with one attached hydrogen (secondary N) is 1. The average molecular weight is 341 g/mol. The van der Waals surface area contributed by atoms with Gasteiger partial charge in [-0.05, 0) is 17.2 Å². The van der Waals surface area contributed by atoms with Crippen molar-refractivity contribution in [3.8, 4) is 0 Å². The lowest BCUT2D eigenvalue weighted by Gasteiger charge is -2.31. The Morgan fingerprint density at radius 2 is 2.08 bits per heavy atom. The fourth-order valence-electron chi connectivity index (χ4n) is 2.58. The molecule has 0 saturated heterocycles. The van der Waals surface area contributed by atoms with E-state index in [-0.39, 0.29) is 0 Å². The lowest BCUT2D eigenvalue weighted by Crippen LogP contribution is -2.38. The van der Waals surface area contributed by atoms with Crippen LogP contribution in [-0.2, 0) is 6.54 Å². The summed E-state index contributed by atoms with van der Waals surface area (Å²) >= 11 is 0. The smallest absolute Gasteiger partial charge is 0.131 e. The zero-order chi connectivity index (χ0) is 18.5. The first-order chi connectivity index (χ1) is 12.6. The van der Waals surface area contributed by atoms with Gasteiger partial charge in [0.2, 0.25) is 0 Å². The Kier molecular flexibility index (Phi) is 5.22. The van der Waals surface area contributed by atoms with Crippen LogP contribution in [0.4, 0.5) is 5.82 Å². The van der Waals surface area contributed by atoms with Crippen LogP contribution < -0.4 is 11.1 Å². The minimum atomic E-state index is 0.493. The fraction of sp³-hybridized carbons (Fsp3) is 0.100. The lowest BCUT2D eigenvalue weighted by molar-refractivity contribution is 0.576. The number of nitrogens with zero attached hydrogens (tertiary/aromatic N) is 3. The molecule has 0 fully saturated rings. The van der Waals surface area contributed by atoms with Crippen molar-refractivity contribution >= 4 is 25.2 Å². The number of anilines is 1. The van der Waals surface area contributed by atoms with Crippen molar-refractivity contribution in [2.24, 2.45) is 4.99 Å². The largest absolute Gasteiger partial charge is 0.384 e. The molecule has 0 atom stereocenters. The summed E-state index contributed by atoms with van der Waals surface area (Å²) in [6, 6.07) is 13.7. The van der Waals surface area contributed by atoms with Crippen molar-refractivity contribution in [3.63, 3.8) is 0 Å². The molecule has 3 N–H and O–H groups in total. The third kappa shape index (κ3) is 3.86. The second-order valence-electron chi connectivity index (χ2n) is 5.88. The van der Waals surface area contributed by atoms with Crippen LogP contribution in [0.1, 0.15) is 11.1 Å². The number of pyridine rings is 1. The van der Waals surface area contributed by atoms with Crippen molar-refractivity contribution in [2.45, 2.75) is 6.54 Å². The average Bonchev–Trinajstić information content (AvgIpc) is 2.68. The third-order valence-corrected chi connectivity index (χ3v) is 4.05. The van der Waals surface area contributed by atoms with Crippen LogP contribution in [0.3, 0.4) is 0 Å². The Hall–Kier alpha value is -3.28. The number of amidine groups is 1. The molecular weight excluding hydrogens is 321 g/mol. The van der Waals surface area contributed by atoms with Crippen LogP contribution >= 0.6 is 0 Å². The summed E-state index contributed by atoms with van der Waals surface area (Å²) in [4.78, 5) is 10.7. The van der Waals surface area contributed by atoms with E-state index in [0.717, 1.165) is 28.5 Å². The van der Waals surface area contributed by atoms with Crippen molar-refractivity contribution < 1.29 is 0 Å². The Balaban J connectivity index is 1.98. The minimum Gasteiger partial charge on any atom is -0.384 e. The van der Waals surface area contributed by atoms with Gasteiger partial charge in [-0.15, -0.1) is 0 Å². The number of hydrogen-bond acceptors (Lipinski definition) is 4. The number of aromatic nitrogens is 1. The van der Waals surface area contributed by atoms with Gasteiger partial charge in [-0.3, -0.25) is 4.99 Å². The normalized spacial score (nSPS) is 17.5. The molecule has 3 rings (SSSR count). The quantitative estimate of drug-likeness (QED) is 0.839. The topological polar surface area (TPSA) is 66.5 Å². The highest BCUT2D eigenvalue weighted by Crippen LogP contribution is 2.21. The van der Waals surface area contributed by atoms with Crippen LogP contribution in [0, 0.1) is 0 Å². The van der Waals surface area contributed by atoms with E-state index in [2.05, 4.69) is 16.9 Å². The van der Waals surface area contributed by atoms with Crippen LogP contribution in [0.15, 0.2) is 83.7 Å². The second kappa shape index (κ2) is 7.74. The number of allylic oxidation sites excluding steroid dienone is 2. The third-order valence-electron chi connectivity index (χ3n) is 4.05. The molecule has 128 valence electrons. The van der Waals surface area contributed by atoms with Crippen LogP contribution in [-0.4, -0.2) is 30.6 Å². The molecule has 6 heteroatoms. The maximum atomic E-state index is 6.12. The van der Waals surface area contributed by atoms with Crippen LogP contribution in [0.25, 0.3) is 5.70 Å². The van der Waals surface area contributed by atoms with Crippen LogP contribution in [0.2, 0.25) is 0 Å². The predicted octanol–water partition coefficient (Wildman–Crippen LogP) is 2.66. The Morgan fingerprint density at radius 3 is 2.73 bits per heavy atom. The molecule has 1 aliphatic heterocycles. The van der Waals surface area contributed by atoms with Gasteiger partial charge in [-0.1, -0.05) is 54.5 Å². The molecule has 0 bridgehead atoms. The van der Waals surface area contributed by atoms with E-state index in [4.69, 9.17) is 18.6 Å². The van der Waals surface area contributed by atoms with Crippen molar-refractivity contribution in [1.29, 1.82) is 0 Å². The van der Waals surface area contributed by atoms with Gasteiger partial charge in [0.15, 0.2) is 0 Å². The van der Waals surface area contributed by atoms with Gasteiger partial charge in [-0.25, -0.2) is 4.98 Å². The summed E-state index contributed by atoms with van der Waals surface area (Å²) in [5.41, 5.74) is 9.15. The number of nitrogen functional groups attached to an aromatic ring is 1. The molecule has 0 spiro atoms. The number of hydrogen-bond donors (Lipinski definition) is 2. The highest BCUT2D eigenvalue weighted by Gasteiger charge is 2.20. The molecule has 26 heavy (non-hydrogen) atoms. The zero-order valence-corrected chi connectivity index (χ0v) is 14.7. The van der Waals surface area contributed by atoms with Gasteiger partial charge < -0.3 is 16.0 Å². The van der Waals surface area contributed by atoms with E-state index >= 15 is 0 Å². The fourth-order valence-corrected chi connectivity index (χ4v) is 2.58. The molecule has 2 heterocycles. The van der Waals surface area contributed by atoms with Gasteiger partial charge in [0.1, 0.15) is 25.3 Å². The van der Waals surface area contributed by atoms with Gasteiger partial charge in [-0.2, -0.15) is 0 Å². The first-order valence-corrected chi connectivity index (χ1v) is 8.23. The Morgan fingerprint density at radius 1 is 1.31 bits per heavy atom. The van der Waals surface area contributed by atoms with Crippen LogP contribution in [0.5, 0.6) is 0 Å². The second-order valence-corrected chi connectivity index (χ2v) is 5.88. The van der Waals surface area contributed by atoms with E-state index in [0.29, 0.717) is 17.8 Å². The summed E-state index contributed by atoms with van der Waals surface area (Å²) in [5, 5.41) is 3.37. The van der Waals surface area contributed by atoms with E-state index in [1.807, 2.05) is 54.4 Å². The monoisotopic (exact) mass is 341 g/mol. The Labute approximate surface area is 155 Å². The minimum absolute atomic E-state index is 0.493. The molecule has 0 amide bonds. The number of nitrogens with two attached hydrogens (primary N) is 1. The van der Waals surface area contributed by atoms with Crippen molar-refractivity contribution in [1.82, 2.24) is 15.2 Å². The lowest BCUT2D eigenvalue weighted by atomic mass is 9.94. The molecule has 1 aromatic heterocycles. The summed E-state index contributed by atoms with van der Waals surface area (Å²) in [6.07, 6.45) is 5.35. The number of likely N-dealkylation sites (N-methyl/N-ethyl adjacent to an activating group) is 1. The predicted molar refractivity (Wildman–Crippen MR) is 108 cm³/mol. The molecule has 1 aromatic carbocycles. The molecule has 0 aliphatic carbocycles. The molecule has 0 unspecified atom stereocenters. The number of rotatable bonds is 4. The van der Waals surface area contributed by atoms with E-state index in [1.54, 1.807) is 18.3 Å². The van der Waals surface area contributed by atoms with Gasteiger partial charge in [0, 0.05) is 19.3 Å². The summed E-state index contributed by atoms with van der Waals surface area (Å²) in [5.74, 6) is 2.03. The number of aliphatic imine (C=N–C) groups is 1. The molecule has 5 nitrogen and oxygen atoms in total. The molecule has 2 aromatic rings. The van der Waals surface area contributed by atoms with Crippen molar-refractivity contribution in [3.05, 3.63) is 89.8 Å². The van der Waals surface area contributed by atoms with Crippen molar-refractivity contribution in [2.75, 3.05) is 12.8 Å². The molecule has 1 aliphatic rings. The van der Waals surface area contributed by atoms with E-state index in [1.165, 1.54) is 0 Å². The maximum absolute atomic E-state index is 6.12. The highest BCUT2D eigenvalue weighted by molar-refractivity contribution is 6.24. The highest BCUT2D eigenvalue weighted by atomic mass is 15.3. The zero-order valence-electron chi connectivity index (χ0n) is 14.7. The van der Waals surface area contributed by atoms with Gasteiger partial charge in [0.05, 0.1) is 12.2 Å². The molecule has 0 saturated carbocycles. The van der Waals surface area contributed by atoms with Gasteiger partial charge in [0.25, 0.3) is 0 Å². The first kappa shape index (κ1) is 17.5. The first-order valence-electron chi connectivity index (χ1n) is 8.23. The molecular formula is C20H20BN5.